The number of amides is 1. The van der Waals surface area contributed by atoms with Crippen LogP contribution in [0.4, 0.5) is 5.13 Å². The molecule has 4 rings (SSSR count). The van der Waals surface area contributed by atoms with E-state index in [-0.39, 0.29) is 5.69 Å². The van der Waals surface area contributed by atoms with Crippen LogP contribution in [0.2, 0.25) is 5.02 Å². The van der Waals surface area contributed by atoms with E-state index in [0.29, 0.717) is 34.6 Å². The number of benzene rings is 1. The van der Waals surface area contributed by atoms with Crippen LogP contribution in [0.15, 0.2) is 70.2 Å². The van der Waals surface area contributed by atoms with Crippen molar-refractivity contribution in [3.05, 3.63) is 82.7 Å². The van der Waals surface area contributed by atoms with E-state index in [1.54, 1.807) is 42.0 Å². The summed E-state index contributed by atoms with van der Waals surface area (Å²) in [6.45, 7) is 3.67. The van der Waals surface area contributed by atoms with Crippen molar-refractivity contribution in [1.29, 1.82) is 0 Å². The summed E-state index contributed by atoms with van der Waals surface area (Å²) < 4.78 is 10.7. The molecule has 8 nitrogen and oxygen atoms in total. The summed E-state index contributed by atoms with van der Waals surface area (Å²) >= 11 is 7.24. The Kier molecular flexibility index (Phi) is 6.67. The highest BCUT2D eigenvalue weighted by Gasteiger charge is 2.35. The van der Waals surface area contributed by atoms with E-state index in [0.717, 1.165) is 5.56 Å². The first-order chi connectivity index (χ1) is 15.5. The average molecular weight is 471 g/mol. The first-order valence-corrected chi connectivity index (χ1v) is 11.0. The normalized spacial score (nSPS) is 15.3. The quantitative estimate of drug-likeness (QED) is 0.384. The molecule has 1 N–H and O–H groups in total. The van der Waals surface area contributed by atoms with E-state index < -0.39 is 24.5 Å². The lowest BCUT2D eigenvalue weighted by molar-refractivity contribution is -0.136. The summed E-state index contributed by atoms with van der Waals surface area (Å²) in [4.78, 5) is 29.4. The van der Waals surface area contributed by atoms with Gasteiger partial charge in [0.25, 0.3) is 5.91 Å². The molecule has 32 heavy (non-hydrogen) atoms. The predicted octanol–water partition coefficient (Wildman–Crippen LogP) is 4.52. The number of halogens is 1. The highest BCUT2D eigenvalue weighted by Crippen LogP contribution is 2.33. The van der Waals surface area contributed by atoms with Gasteiger partial charge in [-0.05, 0) is 29.8 Å². The molecule has 0 radical (unpaired) electrons. The van der Waals surface area contributed by atoms with Crippen LogP contribution in [0, 0.1) is 0 Å². The summed E-state index contributed by atoms with van der Waals surface area (Å²) in [6, 6.07) is 10.3. The fraction of sp³-hybridized carbons (Fsp3) is 0.182. The summed E-state index contributed by atoms with van der Waals surface area (Å²) in [5.41, 5.74) is 1.68. The van der Waals surface area contributed by atoms with Gasteiger partial charge in [-0.2, -0.15) is 5.10 Å². The number of ether oxygens (including phenoxy) is 1. The maximum absolute atomic E-state index is 12.9. The van der Waals surface area contributed by atoms with Crippen LogP contribution in [-0.4, -0.2) is 40.7 Å². The number of hydrogen-bond donors (Lipinski definition) is 1. The third-order valence-electron chi connectivity index (χ3n) is 4.65. The zero-order chi connectivity index (χ0) is 22.5. The zero-order valence-electron chi connectivity index (χ0n) is 16.9. The minimum atomic E-state index is -0.683. The fourth-order valence-electron chi connectivity index (χ4n) is 3.14. The molecule has 0 unspecified atom stereocenters. The third kappa shape index (κ3) is 4.90. The standard InChI is InChI=1S/C22H19ClN4O4S/c1-2-9-24-22-25-17(13-32-22)21(29)31-12-20(28)27-18(19-4-3-10-30-19)11-16(26-27)14-5-7-15(23)8-6-14/h2-8,10,13,18H,1,9,11-12H2,(H,24,25)/t18-/m1/s1. The number of nitrogens with zero attached hydrogens (tertiary/aromatic N) is 3. The summed E-state index contributed by atoms with van der Waals surface area (Å²) in [5.74, 6) is -0.560. The van der Waals surface area contributed by atoms with Crippen molar-refractivity contribution in [2.24, 2.45) is 5.10 Å². The van der Waals surface area contributed by atoms with Crippen LogP contribution in [-0.2, 0) is 9.53 Å². The largest absolute Gasteiger partial charge is 0.467 e. The van der Waals surface area contributed by atoms with E-state index in [1.807, 2.05) is 12.1 Å². The minimum absolute atomic E-state index is 0.128. The Morgan fingerprint density at radius 2 is 2.16 bits per heavy atom. The minimum Gasteiger partial charge on any atom is -0.467 e. The average Bonchev–Trinajstić information content (AvgIpc) is 3.56. The van der Waals surface area contributed by atoms with Gasteiger partial charge in [0.05, 0.1) is 12.0 Å². The first-order valence-electron chi connectivity index (χ1n) is 9.71. The summed E-state index contributed by atoms with van der Waals surface area (Å²) in [5, 5.41) is 11.5. The van der Waals surface area contributed by atoms with Crippen LogP contribution in [0.1, 0.15) is 34.3 Å². The SMILES string of the molecule is C=CCNc1nc(C(=O)OCC(=O)N2N=C(c3ccc(Cl)cc3)C[C@@H]2c2ccco2)cs1. The Bertz CT molecular complexity index is 1140. The number of carbonyl (C=O) groups is 2. The molecule has 0 fully saturated rings. The molecule has 0 aliphatic carbocycles. The second kappa shape index (κ2) is 9.80. The molecule has 164 valence electrons. The highest BCUT2D eigenvalue weighted by molar-refractivity contribution is 7.13. The van der Waals surface area contributed by atoms with Crippen molar-refractivity contribution < 1.29 is 18.7 Å². The topological polar surface area (TPSA) is 97.0 Å². The number of aromatic nitrogens is 1. The molecule has 10 heteroatoms. The molecule has 0 saturated carbocycles. The van der Waals surface area contributed by atoms with Gasteiger partial charge in [0.15, 0.2) is 17.4 Å². The predicted molar refractivity (Wildman–Crippen MR) is 122 cm³/mol. The number of nitrogens with one attached hydrogen (secondary N) is 1. The molecule has 1 atom stereocenters. The molecule has 1 amide bonds. The van der Waals surface area contributed by atoms with Gasteiger partial charge in [-0.15, -0.1) is 17.9 Å². The smallest absolute Gasteiger partial charge is 0.358 e. The van der Waals surface area contributed by atoms with Crippen LogP contribution < -0.4 is 5.32 Å². The maximum atomic E-state index is 12.9. The van der Waals surface area contributed by atoms with Gasteiger partial charge in [0.2, 0.25) is 0 Å². The number of thiazole rings is 1. The second-order valence-corrected chi connectivity index (χ2v) is 8.11. The van der Waals surface area contributed by atoms with Crippen molar-refractivity contribution in [2.45, 2.75) is 12.5 Å². The lowest BCUT2D eigenvalue weighted by atomic mass is 10.0. The van der Waals surface area contributed by atoms with Crippen molar-refractivity contribution in [2.75, 3.05) is 18.5 Å². The monoisotopic (exact) mass is 470 g/mol. The van der Waals surface area contributed by atoms with Crippen LogP contribution in [0.3, 0.4) is 0 Å². The Hall–Kier alpha value is -3.43. The van der Waals surface area contributed by atoms with Gasteiger partial charge in [-0.1, -0.05) is 29.8 Å². The van der Waals surface area contributed by atoms with Crippen molar-refractivity contribution in [3.8, 4) is 0 Å². The lowest BCUT2D eigenvalue weighted by Crippen LogP contribution is -2.31. The molecule has 3 aromatic rings. The van der Waals surface area contributed by atoms with Gasteiger partial charge in [-0.3, -0.25) is 4.79 Å². The Balaban J connectivity index is 1.45. The Morgan fingerprint density at radius 1 is 1.34 bits per heavy atom. The molecule has 1 aliphatic heterocycles. The van der Waals surface area contributed by atoms with Crippen molar-refractivity contribution >= 4 is 45.7 Å². The number of rotatable bonds is 8. The first kappa shape index (κ1) is 21.8. The fourth-order valence-corrected chi connectivity index (χ4v) is 3.95. The lowest BCUT2D eigenvalue weighted by Gasteiger charge is -2.19. The van der Waals surface area contributed by atoms with Gasteiger partial charge in [0, 0.05) is 23.4 Å². The number of esters is 1. The molecule has 2 aromatic heterocycles. The number of hydrazone groups is 1. The van der Waals surface area contributed by atoms with E-state index in [1.165, 1.54) is 16.3 Å². The number of anilines is 1. The van der Waals surface area contributed by atoms with Crippen LogP contribution in [0.5, 0.6) is 0 Å². The molecule has 0 saturated heterocycles. The Morgan fingerprint density at radius 3 is 2.88 bits per heavy atom. The van der Waals surface area contributed by atoms with E-state index in [4.69, 9.17) is 20.8 Å². The van der Waals surface area contributed by atoms with Crippen molar-refractivity contribution in [3.63, 3.8) is 0 Å². The summed E-state index contributed by atoms with van der Waals surface area (Å²) in [6.07, 6.45) is 3.68. The molecule has 0 bridgehead atoms. The zero-order valence-corrected chi connectivity index (χ0v) is 18.4. The maximum Gasteiger partial charge on any atom is 0.358 e. The second-order valence-electron chi connectivity index (χ2n) is 6.81. The highest BCUT2D eigenvalue weighted by atomic mass is 35.5. The molecule has 1 aromatic carbocycles. The van der Waals surface area contributed by atoms with Gasteiger partial charge >= 0.3 is 5.97 Å². The third-order valence-corrected chi connectivity index (χ3v) is 5.70. The van der Waals surface area contributed by atoms with Gasteiger partial charge in [0.1, 0.15) is 11.8 Å². The molecular formula is C22H19ClN4O4S. The van der Waals surface area contributed by atoms with E-state index in [9.17, 15) is 9.59 Å². The van der Waals surface area contributed by atoms with Crippen LogP contribution >= 0.6 is 22.9 Å². The number of furan rings is 1. The molecule has 3 heterocycles. The van der Waals surface area contributed by atoms with E-state index in [2.05, 4.69) is 22.0 Å². The van der Waals surface area contributed by atoms with E-state index >= 15 is 0 Å². The van der Waals surface area contributed by atoms with Crippen LogP contribution in [0.25, 0.3) is 0 Å². The van der Waals surface area contributed by atoms with Crippen molar-refractivity contribution in [1.82, 2.24) is 9.99 Å². The van der Waals surface area contributed by atoms with Gasteiger partial charge < -0.3 is 14.5 Å². The number of hydrogen-bond acceptors (Lipinski definition) is 8. The number of carbonyl (C=O) groups excluding carboxylic acids is 2. The molecular weight excluding hydrogens is 452 g/mol. The molecule has 0 spiro atoms. The Labute approximate surface area is 193 Å². The summed E-state index contributed by atoms with van der Waals surface area (Å²) in [7, 11) is 0. The molecule has 1 aliphatic rings. The van der Waals surface area contributed by atoms with Gasteiger partial charge in [-0.25, -0.2) is 14.8 Å².